The van der Waals surface area contributed by atoms with Crippen molar-refractivity contribution in [3.63, 3.8) is 0 Å². The second-order valence-corrected chi connectivity index (χ2v) is 2.18. The van der Waals surface area contributed by atoms with Crippen molar-refractivity contribution in [3.8, 4) is 0 Å². The number of nitrogens with one attached hydrogen (secondary N) is 1. The van der Waals surface area contributed by atoms with E-state index >= 15 is 0 Å². The molecule has 1 atom stereocenters. The van der Waals surface area contributed by atoms with Gasteiger partial charge in [0.1, 0.15) is 6.54 Å². The molecule has 0 aromatic rings. The van der Waals surface area contributed by atoms with Crippen molar-refractivity contribution in [2.75, 3.05) is 6.54 Å². The van der Waals surface area contributed by atoms with Crippen LogP contribution in [-0.2, 0) is 0 Å². The minimum Gasteiger partial charge on any atom is -0.629 e. The first-order valence-electron chi connectivity index (χ1n) is 3.22. The van der Waals surface area contributed by atoms with Crippen LogP contribution >= 0.6 is 0 Å². The predicted molar refractivity (Wildman–Crippen MR) is 36.7 cm³/mol. The average Bonchev–Trinajstić information content (AvgIpc) is 1.88. The van der Waals surface area contributed by atoms with Gasteiger partial charge in [-0.15, -0.1) is 0 Å². The Kier molecular flexibility index (Phi) is 2.03. The maximum Gasteiger partial charge on any atom is 0.103 e. The van der Waals surface area contributed by atoms with E-state index in [9.17, 15) is 5.21 Å². The van der Waals surface area contributed by atoms with Gasteiger partial charge < -0.3 is 10.3 Å². The molecule has 9 heavy (non-hydrogen) atoms. The monoisotopic (exact) mass is 125 g/mol. The Bertz CT molecular complexity index is 149. The summed E-state index contributed by atoms with van der Waals surface area (Å²) < 4.78 is 0. The van der Waals surface area contributed by atoms with E-state index in [1.54, 1.807) is 6.20 Å². The summed E-state index contributed by atoms with van der Waals surface area (Å²) in [7, 11) is 0. The lowest BCUT2D eigenvalue weighted by Gasteiger charge is -2.20. The van der Waals surface area contributed by atoms with Gasteiger partial charge in [0.05, 0.1) is 6.20 Å². The van der Waals surface area contributed by atoms with Crippen LogP contribution < -0.4 is 5.06 Å². The molecule has 1 aliphatic heterocycles. The summed E-state index contributed by atoms with van der Waals surface area (Å²) >= 11 is 0. The third-order valence-electron chi connectivity index (χ3n) is 1.47. The number of hydrogen-bond acceptors (Lipinski definition) is 1. The molecule has 2 nitrogen and oxygen atoms in total. The van der Waals surface area contributed by atoms with Crippen LogP contribution in [0.2, 0.25) is 0 Å². The molecule has 0 fully saturated rings. The Morgan fingerprint density at radius 1 is 1.78 bits per heavy atom. The summed E-state index contributed by atoms with van der Waals surface area (Å²) in [4.78, 5) is 0. The molecule has 1 rings (SSSR count). The first-order valence-corrected chi connectivity index (χ1v) is 3.22. The molecule has 0 aliphatic carbocycles. The van der Waals surface area contributed by atoms with Crippen LogP contribution in [0, 0.1) is 5.21 Å². The van der Waals surface area contributed by atoms with E-state index in [1.165, 1.54) is 5.57 Å². The molecular weight excluding hydrogens is 114 g/mol. The number of rotatable bonds is 1. The summed E-state index contributed by atoms with van der Waals surface area (Å²) in [5.74, 6) is 0. The normalized spacial score (nSPS) is 26.0. The largest absolute Gasteiger partial charge is 0.629 e. The molecule has 1 heterocycles. The number of allylic oxidation sites excluding steroid dienone is 2. The Morgan fingerprint density at radius 2 is 2.56 bits per heavy atom. The van der Waals surface area contributed by atoms with Crippen LogP contribution in [0.1, 0.15) is 13.3 Å². The molecule has 1 unspecified atom stereocenters. The van der Waals surface area contributed by atoms with Gasteiger partial charge in [0.2, 0.25) is 0 Å². The molecule has 0 spiro atoms. The summed E-state index contributed by atoms with van der Waals surface area (Å²) in [5.41, 5.74) is 1.24. The maximum absolute atomic E-state index is 10.7. The standard InChI is InChI=1S/C7H11NO/c1-2-7-4-3-5-8(9)6-7/h3-5,8H,2,6H2,1H3. The first kappa shape index (κ1) is 6.52. The van der Waals surface area contributed by atoms with Crippen LogP contribution in [0.3, 0.4) is 0 Å². The molecule has 0 bridgehead atoms. The van der Waals surface area contributed by atoms with Crippen LogP contribution in [-0.4, -0.2) is 6.54 Å². The van der Waals surface area contributed by atoms with E-state index in [0.717, 1.165) is 6.42 Å². The second kappa shape index (κ2) is 2.80. The zero-order chi connectivity index (χ0) is 6.69. The molecule has 0 saturated carbocycles. The molecule has 0 amide bonds. The van der Waals surface area contributed by atoms with Gasteiger partial charge in [-0.25, -0.2) is 0 Å². The van der Waals surface area contributed by atoms with Gasteiger partial charge in [-0.3, -0.25) is 0 Å². The Labute approximate surface area is 55.1 Å². The predicted octanol–water partition coefficient (Wildman–Crippen LogP) is 0.233. The Hall–Kier alpha value is -0.600. The van der Waals surface area contributed by atoms with E-state index in [1.807, 2.05) is 12.2 Å². The van der Waals surface area contributed by atoms with E-state index in [4.69, 9.17) is 0 Å². The lowest BCUT2D eigenvalue weighted by atomic mass is 10.1. The van der Waals surface area contributed by atoms with E-state index in [0.29, 0.717) is 6.54 Å². The van der Waals surface area contributed by atoms with Gasteiger partial charge in [0.25, 0.3) is 0 Å². The topological polar surface area (TPSA) is 27.5 Å². The quantitative estimate of drug-likeness (QED) is 0.499. The zero-order valence-corrected chi connectivity index (χ0v) is 5.55. The maximum atomic E-state index is 10.7. The molecular formula is C7H11NO. The SMILES string of the molecule is CCC1=CC=C[NH+]([O-])C1. The molecule has 50 valence electrons. The third-order valence-corrected chi connectivity index (χ3v) is 1.47. The van der Waals surface area contributed by atoms with Crippen LogP contribution in [0.25, 0.3) is 0 Å². The molecule has 0 saturated heterocycles. The fraction of sp³-hybridized carbons (Fsp3) is 0.429. The van der Waals surface area contributed by atoms with E-state index in [-0.39, 0.29) is 5.06 Å². The van der Waals surface area contributed by atoms with Crippen molar-refractivity contribution in [1.29, 1.82) is 0 Å². The third kappa shape index (κ3) is 1.66. The smallest absolute Gasteiger partial charge is 0.103 e. The highest BCUT2D eigenvalue weighted by molar-refractivity contribution is 5.13. The number of hydrogen-bond donors (Lipinski definition) is 1. The lowest BCUT2D eigenvalue weighted by molar-refractivity contribution is -0.786. The van der Waals surface area contributed by atoms with Crippen LogP contribution in [0.4, 0.5) is 0 Å². The fourth-order valence-corrected chi connectivity index (χ4v) is 0.876. The second-order valence-electron chi connectivity index (χ2n) is 2.18. The van der Waals surface area contributed by atoms with Crippen LogP contribution in [0.15, 0.2) is 23.9 Å². The Morgan fingerprint density at radius 3 is 3.00 bits per heavy atom. The highest BCUT2D eigenvalue weighted by Gasteiger charge is 2.00. The van der Waals surface area contributed by atoms with E-state index < -0.39 is 0 Å². The molecule has 1 N–H and O–H groups in total. The van der Waals surface area contributed by atoms with Crippen molar-refractivity contribution in [2.45, 2.75) is 13.3 Å². The van der Waals surface area contributed by atoms with Crippen molar-refractivity contribution < 1.29 is 5.06 Å². The van der Waals surface area contributed by atoms with Gasteiger partial charge in [0.15, 0.2) is 0 Å². The van der Waals surface area contributed by atoms with Gasteiger partial charge in [-0.2, -0.15) is 0 Å². The summed E-state index contributed by atoms with van der Waals surface area (Å²) in [6.07, 6.45) is 6.46. The molecule has 0 radical (unpaired) electrons. The van der Waals surface area contributed by atoms with Crippen molar-refractivity contribution in [2.24, 2.45) is 0 Å². The highest BCUT2D eigenvalue weighted by atomic mass is 16.5. The van der Waals surface area contributed by atoms with Gasteiger partial charge >= 0.3 is 0 Å². The summed E-state index contributed by atoms with van der Waals surface area (Å²) in [5, 5.41) is 10.9. The summed E-state index contributed by atoms with van der Waals surface area (Å²) in [6, 6.07) is 0. The van der Waals surface area contributed by atoms with Gasteiger partial charge in [0, 0.05) is 0 Å². The van der Waals surface area contributed by atoms with E-state index in [2.05, 4.69) is 6.92 Å². The number of hydroxylamine groups is 2. The van der Waals surface area contributed by atoms with Gasteiger partial charge in [-0.1, -0.05) is 13.0 Å². The first-order chi connectivity index (χ1) is 4.33. The molecule has 2 heteroatoms. The van der Waals surface area contributed by atoms with Crippen LogP contribution in [0.5, 0.6) is 0 Å². The molecule has 0 aromatic carbocycles. The minimum absolute atomic E-state index is 0.231. The summed E-state index contributed by atoms with van der Waals surface area (Å²) in [6.45, 7) is 2.70. The fourth-order valence-electron chi connectivity index (χ4n) is 0.876. The minimum atomic E-state index is 0.231. The zero-order valence-electron chi connectivity index (χ0n) is 5.55. The Balaban J connectivity index is 2.55. The highest BCUT2D eigenvalue weighted by Crippen LogP contribution is 1.98. The van der Waals surface area contributed by atoms with Gasteiger partial charge in [-0.05, 0) is 18.1 Å². The average molecular weight is 125 g/mol. The van der Waals surface area contributed by atoms with Crippen molar-refractivity contribution in [3.05, 3.63) is 29.1 Å². The van der Waals surface area contributed by atoms with Crippen molar-refractivity contribution >= 4 is 0 Å². The lowest BCUT2D eigenvalue weighted by Crippen LogP contribution is -3.02. The van der Waals surface area contributed by atoms with Crippen molar-refractivity contribution in [1.82, 2.24) is 0 Å². The molecule has 0 aromatic heterocycles. The number of quaternary nitrogens is 1. The molecule has 1 aliphatic rings.